The van der Waals surface area contributed by atoms with Crippen LogP contribution in [0.4, 0.5) is 5.82 Å². The Labute approximate surface area is 96.5 Å². The average Bonchev–Trinajstić information content (AvgIpc) is 2.62. The first-order valence-corrected chi connectivity index (χ1v) is 5.38. The van der Waals surface area contributed by atoms with E-state index in [1.807, 2.05) is 37.5 Å². The first-order valence-electron chi connectivity index (χ1n) is 4.59. The summed E-state index contributed by atoms with van der Waals surface area (Å²) in [5, 5.41) is 7.41. The summed E-state index contributed by atoms with van der Waals surface area (Å²) < 4.78 is 2.61. The monoisotopic (exact) mass is 266 g/mol. The van der Waals surface area contributed by atoms with Gasteiger partial charge in [0.25, 0.3) is 0 Å². The first-order chi connectivity index (χ1) is 7.24. The third-order valence-electron chi connectivity index (χ3n) is 1.94. The fourth-order valence-electron chi connectivity index (χ4n) is 1.24. The van der Waals surface area contributed by atoms with Crippen LogP contribution in [0.1, 0.15) is 5.69 Å². The van der Waals surface area contributed by atoms with Gasteiger partial charge in [0.2, 0.25) is 0 Å². The number of aryl methyl sites for hydroxylation is 1. The Hall–Kier alpha value is -1.36. The van der Waals surface area contributed by atoms with Crippen molar-refractivity contribution in [3.8, 4) is 0 Å². The molecule has 0 aliphatic carbocycles. The van der Waals surface area contributed by atoms with E-state index in [4.69, 9.17) is 0 Å². The van der Waals surface area contributed by atoms with Crippen molar-refractivity contribution in [2.75, 3.05) is 5.32 Å². The fraction of sp³-hybridized carbons (Fsp3) is 0.200. The zero-order valence-corrected chi connectivity index (χ0v) is 9.90. The number of hydrogen-bond acceptors (Lipinski definition) is 3. The second kappa shape index (κ2) is 4.44. The number of halogens is 1. The zero-order valence-electron chi connectivity index (χ0n) is 8.31. The van der Waals surface area contributed by atoms with Crippen molar-refractivity contribution in [3.05, 3.63) is 40.8 Å². The van der Waals surface area contributed by atoms with E-state index in [1.165, 1.54) is 0 Å². The number of rotatable bonds is 3. The van der Waals surface area contributed by atoms with Crippen LogP contribution in [0.25, 0.3) is 0 Å². The highest BCUT2D eigenvalue weighted by Crippen LogP contribution is 2.08. The Balaban J connectivity index is 1.99. The van der Waals surface area contributed by atoms with Crippen LogP contribution in [-0.4, -0.2) is 14.8 Å². The van der Waals surface area contributed by atoms with Crippen molar-refractivity contribution < 1.29 is 0 Å². The lowest BCUT2D eigenvalue weighted by Crippen LogP contribution is -2.02. The summed E-state index contributed by atoms with van der Waals surface area (Å²) in [6.07, 6.45) is 1.90. The number of aromatic nitrogens is 3. The highest BCUT2D eigenvalue weighted by Gasteiger charge is 1.98. The first kappa shape index (κ1) is 10.2. The molecule has 4 nitrogen and oxygen atoms in total. The molecule has 1 N–H and O–H groups in total. The van der Waals surface area contributed by atoms with Gasteiger partial charge in [-0.3, -0.25) is 4.68 Å². The Morgan fingerprint density at radius 3 is 2.93 bits per heavy atom. The van der Waals surface area contributed by atoms with E-state index in [2.05, 4.69) is 31.3 Å². The molecule has 0 aliphatic rings. The van der Waals surface area contributed by atoms with Crippen LogP contribution in [-0.2, 0) is 13.6 Å². The van der Waals surface area contributed by atoms with Gasteiger partial charge in [-0.15, -0.1) is 0 Å². The molecule has 0 bridgehead atoms. The molecule has 0 saturated heterocycles. The van der Waals surface area contributed by atoms with Crippen molar-refractivity contribution in [2.45, 2.75) is 6.54 Å². The molecule has 0 radical (unpaired) electrons. The van der Waals surface area contributed by atoms with E-state index in [0.29, 0.717) is 6.54 Å². The Bertz CT molecular complexity index is 452. The lowest BCUT2D eigenvalue weighted by molar-refractivity contribution is 0.767. The number of anilines is 1. The summed E-state index contributed by atoms with van der Waals surface area (Å²) in [4.78, 5) is 4.31. The predicted molar refractivity (Wildman–Crippen MR) is 62.5 cm³/mol. The molecule has 0 saturated carbocycles. The second-order valence-corrected chi connectivity index (χ2v) is 3.99. The third-order valence-corrected chi connectivity index (χ3v) is 2.38. The van der Waals surface area contributed by atoms with Gasteiger partial charge in [-0.05, 0) is 28.1 Å². The van der Waals surface area contributed by atoms with Crippen LogP contribution in [0.5, 0.6) is 0 Å². The molecule has 0 atom stereocenters. The van der Waals surface area contributed by atoms with E-state index in [1.54, 1.807) is 4.68 Å². The number of nitrogens with one attached hydrogen (secondary N) is 1. The Morgan fingerprint density at radius 1 is 1.40 bits per heavy atom. The van der Waals surface area contributed by atoms with Crippen molar-refractivity contribution in [1.82, 2.24) is 14.8 Å². The minimum atomic E-state index is 0.677. The molecule has 0 spiro atoms. The Morgan fingerprint density at radius 2 is 2.27 bits per heavy atom. The van der Waals surface area contributed by atoms with Crippen molar-refractivity contribution in [1.29, 1.82) is 0 Å². The van der Waals surface area contributed by atoms with E-state index in [0.717, 1.165) is 16.1 Å². The molecule has 2 rings (SSSR count). The molecule has 5 heteroatoms. The predicted octanol–water partition coefficient (Wildman–Crippen LogP) is 2.19. The van der Waals surface area contributed by atoms with Gasteiger partial charge in [0, 0.05) is 19.3 Å². The van der Waals surface area contributed by atoms with E-state index in [-0.39, 0.29) is 0 Å². The quantitative estimate of drug-likeness (QED) is 0.867. The molecule has 78 valence electrons. The third kappa shape index (κ3) is 2.79. The minimum absolute atomic E-state index is 0.677. The summed E-state index contributed by atoms with van der Waals surface area (Å²) in [7, 11) is 1.89. The molecule has 0 aliphatic heterocycles. The summed E-state index contributed by atoms with van der Waals surface area (Å²) in [6.45, 7) is 0.677. The van der Waals surface area contributed by atoms with Gasteiger partial charge in [-0.25, -0.2) is 4.98 Å². The molecule has 0 fully saturated rings. The van der Waals surface area contributed by atoms with Gasteiger partial charge in [0.05, 0.1) is 12.2 Å². The minimum Gasteiger partial charge on any atom is -0.363 e. The standard InChI is InChI=1S/C10H11BrN4/c1-15-6-5-10(14-15)12-7-8-3-2-4-9(11)13-8/h2-6H,7H2,1H3,(H,12,14). The average molecular weight is 267 g/mol. The number of nitrogens with zero attached hydrogens (tertiary/aromatic N) is 3. The lowest BCUT2D eigenvalue weighted by atomic mass is 10.3. The normalized spacial score (nSPS) is 10.3. The maximum Gasteiger partial charge on any atom is 0.148 e. The highest BCUT2D eigenvalue weighted by molar-refractivity contribution is 9.10. The van der Waals surface area contributed by atoms with Gasteiger partial charge in [0.1, 0.15) is 10.4 Å². The zero-order chi connectivity index (χ0) is 10.7. The molecule has 0 amide bonds. The molecule has 2 heterocycles. The van der Waals surface area contributed by atoms with Crippen LogP contribution < -0.4 is 5.32 Å². The van der Waals surface area contributed by atoms with E-state index in [9.17, 15) is 0 Å². The van der Waals surface area contributed by atoms with Crippen LogP contribution in [0.2, 0.25) is 0 Å². The summed E-state index contributed by atoms with van der Waals surface area (Å²) in [6, 6.07) is 7.77. The Kier molecular flexibility index (Phi) is 3.01. The van der Waals surface area contributed by atoms with E-state index < -0.39 is 0 Å². The lowest BCUT2D eigenvalue weighted by Gasteiger charge is -2.02. The van der Waals surface area contributed by atoms with Crippen molar-refractivity contribution in [2.24, 2.45) is 7.05 Å². The van der Waals surface area contributed by atoms with Gasteiger partial charge < -0.3 is 5.32 Å². The van der Waals surface area contributed by atoms with E-state index >= 15 is 0 Å². The van der Waals surface area contributed by atoms with Gasteiger partial charge in [-0.1, -0.05) is 6.07 Å². The topological polar surface area (TPSA) is 42.7 Å². The van der Waals surface area contributed by atoms with Crippen LogP contribution in [0.15, 0.2) is 35.1 Å². The maximum absolute atomic E-state index is 4.31. The summed E-state index contributed by atoms with van der Waals surface area (Å²) in [5.74, 6) is 0.860. The summed E-state index contributed by atoms with van der Waals surface area (Å²) >= 11 is 3.33. The maximum atomic E-state index is 4.31. The molecule has 0 aromatic carbocycles. The molecule has 0 unspecified atom stereocenters. The van der Waals surface area contributed by atoms with Gasteiger partial charge in [0.15, 0.2) is 0 Å². The van der Waals surface area contributed by atoms with Gasteiger partial charge in [-0.2, -0.15) is 5.10 Å². The van der Waals surface area contributed by atoms with Crippen molar-refractivity contribution in [3.63, 3.8) is 0 Å². The second-order valence-electron chi connectivity index (χ2n) is 3.18. The molecular formula is C10H11BrN4. The van der Waals surface area contributed by atoms with Crippen LogP contribution >= 0.6 is 15.9 Å². The van der Waals surface area contributed by atoms with Gasteiger partial charge >= 0.3 is 0 Å². The highest BCUT2D eigenvalue weighted by atomic mass is 79.9. The molecule has 2 aromatic rings. The molecular weight excluding hydrogens is 256 g/mol. The number of hydrogen-bond donors (Lipinski definition) is 1. The molecule has 15 heavy (non-hydrogen) atoms. The SMILES string of the molecule is Cn1ccc(NCc2cccc(Br)n2)n1. The summed E-state index contributed by atoms with van der Waals surface area (Å²) in [5.41, 5.74) is 0.982. The van der Waals surface area contributed by atoms with Crippen LogP contribution in [0, 0.1) is 0 Å². The fourth-order valence-corrected chi connectivity index (χ4v) is 1.62. The molecule has 2 aromatic heterocycles. The smallest absolute Gasteiger partial charge is 0.148 e. The largest absolute Gasteiger partial charge is 0.363 e. The van der Waals surface area contributed by atoms with Crippen molar-refractivity contribution >= 4 is 21.7 Å². The van der Waals surface area contributed by atoms with Crippen LogP contribution in [0.3, 0.4) is 0 Å². The number of pyridine rings is 1.